The third-order valence-corrected chi connectivity index (χ3v) is 18.3. The van der Waals surface area contributed by atoms with Crippen LogP contribution in [0.4, 0.5) is 0 Å². The summed E-state index contributed by atoms with van der Waals surface area (Å²) in [5.74, 6) is -1.15. The SMILES string of the molecule is C=C(C)[C@@H]1CC[C@]2(C(=O)NCCNC(=O)CCC(=O)OCc3cn(C)c4c3C(=O)C(OC)=CC4=O)CC[C@]3(C)[C@H](CC[C@@H]4[C@@]5(C)CC[C@H](OC(C)=O)[C@@](C)(COC(C)=O)[C@@H]5CC[C@]43C)[C@@H]12. The molecule has 1 aromatic heterocycles. The van der Waals surface area contributed by atoms with Gasteiger partial charge in [0.25, 0.3) is 0 Å². The van der Waals surface area contributed by atoms with Crippen LogP contribution in [0, 0.1) is 56.7 Å². The summed E-state index contributed by atoms with van der Waals surface area (Å²) in [4.78, 5) is 90.0. The van der Waals surface area contributed by atoms with Gasteiger partial charge in [-0.3, -0.25) is 33.6 Å². The van der Waals surface area contributed by atoms with Crippen molar-refractivity contribution in [1.82, 2.24) is 15.2 Å². The molecule has 0 bridgehead atoms. The van der Waals surface area contributed by atoms with Gasteiger partial charge in [0.1, 0.15) is 25.0 Å². The van der Waals surface area contributed by atoms with Crippen LogP contribution in [0.2, 0.25) is 0 Å². The van der Waals surface area contributed by atoms with Gasteiger partial charge in [0, 0.05) is 63.7 Å². The van der Waals surface area contributed by atoms with Crippen LogP contribution in [0.3, 0.4) is 0 Å². The largest absolute Gasteiger partial charge is 0.492 e. The molecular formula is C51H71N3O11. The Morgan fingerprint density at radius 1 is 0.815 bits per heavy atom. The fourth-order valence-corrected chi connectivity index (χ4v) is 15.1. The van der Waals surface area contributed by atoms with Gasteiger partial charge >= 0.3 is 17.9 Å². The maximum Gasteiger partial charge on any atom is 0.306 e. The van der Waals surface area contributed by atoms with Crippen molar-refractivity contribution in [2.24, 2.45) is 63.7 Å². The first-order chi connectivity index (χ1) is 30.6. The first-order valence-corrected chi connectivity index (χ1v) is 23.8. The van der Waals surface area contributed by atoms with E-state index >= 15 is 0 Å². The number of aryl methyl sites for hydroxylation is 1. The number of Topliss-reactive ketones (excluding diaryl/α,β-unsaturated/α-hetero) is 1. The van der Waals surface area contributed by atoms with Gasteiger partial charge in [-0.2, -0.15) is 0 Å². The molecule has 356 valence electrons. The number of fused-ring (bicyclic) bond motifs is 8. The molecule has 6 aliphatic rings. The fourth-order valence-electron chi connectivity index (χ4n) is 15.1. The van der Waals surface area contributed by atoms with E-state index in [2.05, 4.69) is 51.8 Å². The molecule has 2 N–H and O–H groups in total. The predicted octanol–water partition coefficient (Wildman–Crippen LogP) is 7.12. The van der Waals surface area contributed by atoms with Crippen LogP contribution in [-0.4, -0.2) is 78.8 Å². The van der Waals surface area contributed by atoms with E-state index < -0.39 is 22.6 Å². The smallest absolute Gasteiger partial charge is 0.306 e. The molecule has 14 nitrogen and oxygen atoms in total. The van der Waals surface area contributed by atoms with E-state index in [-0.39, 0.29) is 126 Å². The van der Waals surface area contributed by atoms with Gasteiger partial charge in [0.2, 0.25) is 23.4 Å². The number of amides is 2. The fraction of sp³-hybridized carbons (Fsp3) is 0.706. The first kappa shape index (κ1) is 48.2. The number of hydrogen-bond donors (Lipinski definition) is 2. The lowest BCUT2D eigenvalue weighted by molar-refractivity contribution is -0.256. The Kier molecular flexibility index (Phi) is 13.2. The zero-order chi connectivity index (χ0) is 47.4. The molecule has 1 aromatic rings. The first-order valence-electron chi connectivity index (χ1n) is 23.8. The molecule has 7 rings (SSSR count). The van der Waals surface area contributed by atoms with E-state index in [0.29, 0.717) is 17.4 Å². The molecule has 6 aliphatic carbocycles. The van der Waals surface area contributed by atoms with E-state index in [9.17, 15) is 33.6 Å². The van der Waals surface area contributed by atoms with Crippen molar-refractivity contribution in [3.8, 4) is 0 Å². The Balaban J connectivity index is 0.968. The van der Waals surface area contributed by atoms with Gasteiger partial charge in [-0.25, -0.2) is 0 Å². The molecule has 1 heterocycles. The van der Waals surface area contributed by atoms with Crippen LogP contribution < -0.4 is 10.6 Å². The maximum atomic E-state index is 14.6. The summed E-state index contributed by atoms with van der Waals surface area (Å²) >= 11 is 0. The zero-order valence-electron chi connectivity index (χ0n) is 40.1. The van der Waals surface area contributed by atoms with Crippen LogP contribution in [0.25, 0.3) is 0 Å². The molecule has 0 unspecified atom stereocenters. The van der Waals surface area contributed by atoms with E-state index in [4.69, 9.17) is 18.9 Å². The monoisotopic (exact) mass is 902 g/mol. The van der Waals surface area contributed by atoms with Crippen molar-refractivity contribution in [3.63, 3.8) is 0 Å². The number of methoxy groups -OCH3 is 1. The summed E-state index contributed by atoms with van der Waals surface area (Å²) in [5.41, 5.74) is 0.746. The molecule has 5 saturated carbocycles. The Morgan fingerprint density at radius 2 is 1.54 bits per heavy atom. The molecular weight excluding hydrogens is 831 g/mol. The summed E-state index contributed by atoms with van der Waals surface area (Å²) in [6, 6.07) is 0. The minimum absolute atomic E-state index is 0.00549. The summed E-state index contributed by atoms with van der Waals surface area (Å²) < 4.78 is 23.7. The number of carbonyl (C=O) groups is 7. The Labute approximate surface area is 383 Å². The highest BCUT2D eigenvalue weighted by Crippen LogP contribution is 2.77. The van der Waals surface area contributed by atoms with Crippen molar-refractivity contribution >= 4 is 41.3 Å². The molecule has 2 amide bonds. The van der Waals surface area contributed by atoms with E-state index in [1.165, 1.54) is 25.5 Å². The van der Waals surface area contributed by atoms with E-state index in [0.717, 1.165) is 75.9 Å². The molecule has 11 atom stereocenters. The summed E-state index contributed by atoms with van der Waals surface area (Å²) in [6.07, 6.45) is 11.3. The van der Waals surface area contributed by atoms with Gasteiger partial charge < -0.3 is 34.1 Å². The second-order valence-electron chi connectivity index (χ2n) is 21.4. The van der Waals surface area contributed by atoms with Gasteiger partial charge in [-0.15, -0.1) is 0 Å². The third kappa shape index (κ3) is 8.06. The maximum absolute atomic E-state index is 14.6. The number of ketones is 2. The molecule has 0 aliphatic heterocycles. The highest BCUT2D eigenvalue weighted by Gasteiger charge is 2.72. The van der Waals surface area contributed by atoms with Crippen molar-refractivity contribution < 1.29 is 52.5 Å². The normalized spacial score (nSPS) is 35.7. The lowest BCUT2D eigenvalue weighted by atomic mass is 9.32. The van der Waals surface area contributed by atoms with Crippen LogP contribution >= 0.6 is 0 Å². The molecule has 0 radical (unpaired) electrons. The average molecular weight is 902 g/mol. The quantitative estimate of drug-likeness (QED) is 0.0839. The third-order valence-electron chi connectivity index (χ3n) is 18.3. The molecule has 14 heteroatoms. The number of allylic oxidation sites excluding steroid dienone is 3. The number of nitrogens with zero attached hydrogens (tertiary/aromatic N) is 1. The molecule has 65 heavy (non-hydrogen) atoms. The van der Waals surface area contributed by atoms with Crippen molar-refractivity contribution in [1.29, 1.82) is 0 Å². The summed E-state index contributed by atoms with van der Waals surface area (Å²) in [7, 11) is 2.94. The van der Waals surface area contributed by atoms with Crippen LogP contribution in [0.5, 0.6) is 0 Å². The summed E-state index contributed by atoms with van der Waals surface area (Å²) in [5, 5.41) is 6.06. The van der Waals surface area contributed by atoms with Gasteiger partial charge in [0.15, 0.2) is 5.76 Å². The highest BCUT2D eigenvalue weighted by atomic mass is 16.6. The highest BCUT2D eigenvalue weighted by molar-refractivity contribution is 6.23. The average Bonchev–Trinajstić information content (AvgIpc) is 3.82. The minimum atomic E-state index is -0.625. The van der Waals surface area contributed by atoms with E-state index in [1.807, 2.05) is 0 Å². The van der Waals surface area contributed by atoms with Gasteiger partial charge in [-0.1, -0.05) is 39.8 Å². The topological polar surface area (TPSA) is 185 Å². The Hall–Kier alpha value is -4.75. The number of hydrogen-bond acceptors (Lipinski definition) is 11. The second-order valence-corrected chi connectivity index (χ2v) is 21.4. The lowest BCUT2D eigenvalue weighted by Gasteiger charge is -2.73. The van der Waals surface area contributed by atoms with Gasteiger partial charge in [-0.05, 0) is 117 Å². The van der Waals surface area contributed by atoms with Crippen LogP contribution in [0.1, 0.15) is 152 Å². The van der Waals surface area contributed by atoms with Crippen molar-refractivity contribution in [2.75, 3.05) is 26.8 Å². The second kappa shape index (κ2) is 17.8. The molecule has 0 saturated heterocycles. The molecule has 0 spiro atoms. The van der Waals surface area contributed by atoms with Crippen LogP contribution in [-0.2, 0) is 56.6 Å². The number of ether oxygens (including phenoxy) is 4. The number of rotatable bonds is 14. The molecule has 5 fully saturated rings. The number of nitrogens with one attached hydrogen (secondary N) is 2. The number of esters is 3. The standard InChI is InChI=1S/C51H71N3O11/c1-29(2)33-15-20-51(46(61)53-24-23-52-40(58)13-14-41(59)63-27-32-26-54(9)44-35(57)25-36(62-10)45(60)42(32)44)22-21-49(7)34(43(33)51)11-12-38-47(5)18-17-39(65-31(4)56)48(6,28-64-30(3)55)37(47)16-19-50(38,49)8/h25-26,33-34,37-39,43H,1,11-24,27-28H2,2-10H3,(H,52,58)(H,53,61)/t33-,34+,37+,38+,39-,43+,47-,48-,49+,50+,51-/m0/s1. The lowest BCUT2D eigenvalue weighted by Crippen LogP contribution is -2.68. The Bertz CT molecular complexity index is 2190. The minimum Gasteiger partial charge on any atom is -0.492 e. The molecule has 0 aromatic carbocycles. The van der Waals surface area contributed by atoms with Crippen molar-refractivity contribution in [3.05, 3.63) is 47.0 Å². The van der Waals surface area contributed by atoms with Gasteiger partial charge in [0.05, 0.1) is 24.5 Å². The Morgan fingerprint density at radius 3 is 2.22 bits per heavy atom. The van der Waals surface area contributed by atoms with E-state index in [1.54, 1.807) is 13.2 Å². The number of aromatic nitrogens is 1. The summed E-state index contributed by atoms with van der Waals surface area (Å²) in [6.45, 7) is 19.6. The zero-order valence-corrected chi connectivity index (χ0v) is 40.1. The van der Waals surface area contributed by atoms with Crippen LogP contribution in [0.15, 0.2) is 30.2 Å². The van der Waals surface area contributed by atoms with Crippen molar-refractivity contribution in [2.45, 2.75) is 138 Å². The predicted molar refractivity (Wildman–Crippen MR) is 240 cm³/mol. The number of carbonyl (C=O) groups excluding carboxylic acids is 7.